The summed E-state index contributed by atoms with van der Waals surface area (Å²) in [6, 6.07) is 14.4. The fourth-order valence-electron chi connectivity index (χ4n) is 1.75. The Morgan fingerprint density at radius 3 is 2.44 bits per heavy atom. The monoisotopic (exact) mass is 255 g/mol. The number of nitrogens with zero attached hydrogens (tertiary/aromatic N) is 1. The average Bonchev–Trinajstić information content (AvgIpc) is 2.45. The Balaban J connectivity index is 1.88. The van der Waals surface area contributed by atoms with Crippen LogP contribution in [-0.2, 0) is 13.0 Å². The molecule has 0 aliphatic carbocycles. The van der Waals surface area contributed by atoms with Gasteiger partial charge < -0.3 is 5.32 Å². The largest absolute Gasteiger partial charge is 0.305 e. The highest BCUT2D eigenvalue weighted by Crippen LogP contribution is 2.03. The SMILES string of the molecule is S=[C]C(Cc1ccncc1)NCc1ccccc1. The van der Waals surface area contributed by atoms with Crippen LogP contribution in [0.4, 0.5) is 0 Å². The van der Waals surface area contributed by atoms with Gasteiger partial charge >= 0.3 is 0 Å². The smallest absolute Gasteiger partial charge is 0.0480 e. The summed E-state index contributed by atoms with van der Waals surface area (Å²) in [7, 11) is 0. The maximum absolute atomic E-state index is 4.96. The predicted octanol–water partition coefficient (Wildman–Crippen LogP) is 2.66. The third-order valence-corrected chi connectivity index (χ3v) is 3.01. The summed E-state index contributed by atoms with van der Waals surface area (Å²) in [4.78, 5) is 4.01. The zero-order chi connectivity index (χ0) is 12.6. The Bertz CT molecular complexity index is 470. The molecule has 1 radical (unpaired) electrons. The number of pyridine rings is 1. The second-order valence-corrected chi connectivity index (χ2v) is 4.33. The van der Waals surface area contributed by atoms with Gasteiger partial charge in [0.2, 0.25) is 0 Å². The highest BCUT2D eigenvalue weighted by molar-refractivity contribution is 7.79. The lowest BCUT2D eigenvalue weighted by molar-refractivity contribution is 0.626. The van der Waals surface area contributed by atoms with Crippen molar-refractivity contribution in [3.05, 3.63) is 66.0 Å². The molecule has 0 saturated heterocycles. The van der Waals surface area contributed by atoms with Gasteiger partial charge in [0.1, 0.15) is 0 Å². The van der Waals surface area contributed by atoms with Crippen LogP contribution in [0, 0.1) is 0 Å². The van der Waals surface area contributed by atoms with Crippen LogP contribution >= 0.6 is 12.2 Å². The van der Waals surface area contributed by atoms with Gasteiger partial charge in [0.15, 0.2) is 0 Å². The minimum absolute atomic E-state index is 0.0857. The second-order valence-electron chi connectivity index (χ2n) is 4.10. The van der Waals surface area contributed by atoms with Gasteiger partial charge in [-0.15, -0.1) is 0 Å². The zero-order valence-electron chi connectivity index (χ0n) is 10.0. The number of rotatable bonds is 6. The molecule has 1 aromatic heterocycles. The van der Waals surface area contributed by atoms with Crippen LogP contribution in [-0.4, -0.2) is 16.4 Å². The molecule has 0 bridgehead atoms. The van der Waals surface area contributed by atoms with Gasteiger partial charge in [-0.25, -0.2) is 0 Å². The molecule has 1 unspecified atom stereocenters. The molecule has 18 heavy (non-hydrogen) atoms. The standard InChI is InChI=1S/C15H15N2S/c18-12-15(10-13-6-8-16-9-7-13)17-11-14-4-2-1-3-5-14/h1-9,15,17H,10-11H2. The summed E-state index contributed by atoms with van der Waals surface area (Å²) in [5.41, 5.74) is 2.47. The van der Waals surface area contributed by atoms with Crippen molar-refractivity contribution >= 4 is 17.6 Å². The van der Waals surface area contributed by atoms with Crippen molar-refractivity contribution in [2.75, 3.05) is 0 Å². The molecular formula is C15H15N2S. The molecule has 3 heteroatoms. The molecule has 0 fully saturated rings. The molecule has 1 atom stereocenters. The Morgan fingerprint density at radius 2 is 1.78 bits per heavy atom. The summed E-state index contributed by atoms with van der Waals surface area (Å²) in [5.74, 6) is 0. The summed E-state index contributed by atoms with van der Waals surface area (Å²) in [5, 5.41) is 6.27. The molecule has 2 nitrogen and oxygen atoms in total. The first-order valence-electron chi connectivity index (χ1n) is 5.92. The van der Waals surface area contributed by atoms with Crippen LogP contribution in [0.1, 0.15) is 11.1 Å². The van der Waals surface area contributed by atoms with E-state index in [0.717, 1.165) is 13.0 Å². The van der Waals surface area contributed by atoms with E-state index in [9.17, 15) is 0 Å². The first kappa shape index (κ1) is 12.9. The van der Waals surface area contributed by atoms with Crippen molar-refractivity contribution in [2.24, 2.45) is 0 Å². The summed E-state index contributed by atoms with van der Waals surface area (Å²) in [6.07, 6.45) is 4.44. The van der Waals surface area contributed by atoms with E-state index < -0.39 is 0 Å². The first-order valence-corrected chi connectivity index (χ1v) is 6.33. The average molecular weight is 255 g/mol. The molecule has 0 amide bonds. The number of aromatic nitrogens is 1. The van der Waals surface area contributed by atoms with Crippen LogP contribution in [0.2, 0.25) is 0 Å². The van der Waals surface area contributed by atoms with E-state index in [2.05, 4.69) is 27.8 Å². The third-order valence-electron chi connectivity index (χ3n) is 2.73. The Morgan fingerprint density at radius 1 is 1.06 bits per heavy atom. The molecule has 2 aromatic rings. The van der Waals surface area contributed by atoms with Crippen LogP contribution in [0.15, 0.2) is 54.9 Å². The lowest BCUT2D eigenvalue weighted by Crippen LogP contribution is -2.31. The van der Waals surface area contributed by atoms with E-state index in [1.54, 1.807) is 12.4 Å². The molecular weight excluding hydrogens is 240 g/mol. The van der Waals surface area contributed by atoms with Gasteiger partial charge in [-0.05, 0) is 29.7 Å². The number of nitrogens with one attached hydrogen (secondary N) is 1. The normalized spacial score (nSPS) is 12.0. The minimum Gasteiger partial charge on any atom is -0.305 e. The number of hydrogen-bond acceptors (Lipinski definition) is 3. The Labute approximate surface area is 113 Å². The van der Waals surface area contributed by atoms with E-state index in [1.807, 2.05) is 30.3 Å². The van der Waals surface area contributed by atoms with Gasteiger partial charge in [0.25, 0.3) is 0 Å². The van der Waals surface area contributed by atoms with Gasteiger partial charge in [0, 0.05) is 30.3 Å². The van der Waals surface area contributed by atoms with E-state index in [0.29, 0.717) is 0 Å². The lowest BCUT2D eigenvalue weighted by Gasteiger charge is -2.13. The molecule has 1 aromatic carbocycles. The van der Waals surface area contributed by atoms with E-state index >= 15 is 0 Å². The summed E-state index contributed by atoms with van der Waals surface area (Å²) >= 11 is 4.96. The van der Waals surface area contributed by atoms with Crippen LogP contribution in [0.25, 0.3) is 0 Å². The molecule has 91 valence electrons. The van der Waals surface area contributed by atoms with E-state index in [4.69, 9.17) is 12.2 Å². The number of thiocarbonyl (C=S) groups is 1. The van der Waals surface area contributed by atoms with Gasteiger partial charge in [0.05, 0.1) is 0 Å². The van der Waals surface area contributed by atoms with E-state index in [-0.39, 0.29) is 6.04 Å². The van der Waals surface area contributed by atoms with Crippen LogP contribution in [0.3, 0.4) is 0 Å². The predicted molar refractivity (Wildman–Crippen MR) is 77.6 cm³/mol. The van der Waals surface area contributed by atoms with Crippen molar-refractivity contribution in [3.8, 4) is 0 Å². The first-order chi connectivity index (χ1) is 8.88. The van der Waals surface area contributed by atoms with Crippen molar-refractivity contribution in [3.63, 3.8) is 0 Å². The van der Waals surface area contributed by atoms with Crippen molar-refractivity contribution in [1.82, 2.24) is 10.3 Å². The van der Waals surface area contributed by atoms with E-state index in [1.165, 1.54) is 11.1 Å². The van der Waals surface area contributed by atoms with Crippen LogP contribution in [0.5, 0.6) is 0 Å². The zero-order valence-corrected chi connectivity index (χ0v) is 10.9. The Hall–Kier alpha value is -1.58. The lowest BCUT2D eigenvalue weighted by atomic mass is 10.1. The quantitative estimate of drug-likeness (QED) is 0.803. The number of benzene rings is 1. The van der Waals surface area contributed by atoms with Gasteiger partial charge in [-0.2, -0.15) is 0 Å². The topological polar surface area (TPSA) is 24.9 Å². The highest BCUT2D eigenvalue weighted by atomic mass is 32.1. The van der Waals surface area contributed by atoms with Crippen molar-refractivity contribution in [2.45, 2.75) is 19.0 Å². The van der Waals surface area contributed by atoms with Crippen molar-refractivity contribution in [1.29, 1.82) is 0 Å². The fraction of sp³-hybridized carbons (Fsp3) is 0.200. The molecule has 0 saturated carbocycles. The summed E-state index contributed by atoms with van der Waals surface area (Å²) in [6.45, 7) is 0.806. The molecule has 1 N–H and O–H groups in total. The van der Waals surface area contributed by atoms with Gasteiger partial charge in [-0.3, -0.25) is 4.98 Å². The minimum atomic E-state index is 0.0857. The number of hydrogen-bond donors (Lipinski definition) is 1. The third kappa shape index (κ3) is 4.02. The molecule has 0 aliphatic heterocycles. The second kappa shape index (κ2) is 6.99. The highest BCUT2D eigenvalue weighted by Gasteiger charge is 2.06. The summed E-state index contributed by atoms with van der Waals surface area (Å²) < 4.78 is 0. The molecule has 0 aliphatic rings. The maximum Gasteiger partial charge on any atom is 0.0480 e. The molecule has 0 spiro atoms. The van der Waals surface area contributed by atoms with Gasteiger partial charge in [-0.1, -0.05) is 42.5 Å². The Kier molecular flexibility index (Phi) is 5.00. The van der Waals surface area contributed by atoms with Crippen LogP contribution < -0.4 is 5.32 Å². The maximum atomic E-state index is 4.96. The van der Waals surface area contributed by atoms with Crippen molar-refractivity contribution < 1.29 is 0 Å². The fourth-order valence-corrected chi connectivity index (χ4v) is 1.91. The molecule has 1 heterocycles. The molecule has 2 rings (SSSR count).